The van der Waals surface area contributed by atoms with Gasteiger partial charge in [-0.15, -0.1) is 0 Å². The molecule has 2 aliphatic heterocycles. The van der Waals surface area contributed by atoms with E-state index < -0.39 is 5.60 Å². The minimum absolute atomic E-state index is 0.229. The van der Waals surface area contributed by atoms with Gasteiger partial charge in [0.25, 0.3) is 0 Å². The first-order chi connectivity index (χ1) is 8.67. The van der Waals surface area contributed by atoms with Crippen molar-refractivity contribution >= 4 is 5.82 Å². The highest BCUT2D eigenvalue weighted by Gasteiger charge is 2.43. The van der Waals surface area contributed by atoms with E-state index in [1.807, 2.05) is 0 Å². The maximum atomic E-state index is 12.9. The zero-order valence-corrected chi connectivity index (χ0v) is 10.3. The molecule has 3 heterocycles. The number of pyridine rings is 1. The topological polar surface area (TPSA) is 48.4 Å². The van der Waals surface area contributed by atoms with Gasteiger partial charge in [0.15, 0.2) is 0 Å². The van der Waals surface area contributed by atoms with Crippen molar-refractivity contribution in [3.8, 4) is 0 Å². The second-order valence-electron chi connectivity index (χ2n) is 5.29. The Morgan fingerprint density at radius 1 is 1.44 bits per heavy atom. The molecule has 98 valence electrons. The van der Waals surface area contributed by atoms with Gasteiger partial charge in [0.1, 0.15) is 11.6 Å². The number of aromatic nitrogens is 1. The normalized spacial score (nSPS) is 32.1. The Bertz CT molecular complexity index is 425. The van der Waals surface area contributed by atoms with Crippen molar-refractivity contribution in [3.05, 3.63) is 24.1 Å². The lowest BCUT2D eigenvalue weighted by Crippen LogP contribution is -2.59. The molecule has 0 spiro atoms. The molecule has 4 nitrogen and oxygen atoms in total. The van der Waals surface area contributed by atoms with Gasteiger partial charge in [0.2, 0.25) is 0 Å². The van der Waals surface area contributed by atoms with E-state index in [4.69, 9.17) is 0 Å². The van der Waals surface area contributed by atoms with Crippen LogP contribution in [0.4, 0.5) is 10.2 Å². The van der Waals surface area contributed by atoms with Crippen LogP contribution < -0.4 is 10.2 Å². The van der Waals surface area contributed by atoms with Crippen LogP contribution in [0.2, 0.25) is 0 Å². The summed E-state index contributed by atoms with van der Waals surface area (Å²) in [6.07, 6.45) is 2.83. The van der Waals surface area contributed by atoms with E-state index in [2.05, 4.69) is 15.2 Å². The number of halogens is 1. The molecule has 3 rings (SSSR count). The van der Waals surface area contributed by atoms with Gasteiger partial charge in [-0.2, -0.15) is 0 Å². The summed E-state index contributed by atoms with van der Waals surface area (Å²) in [5.41, 5.74) is -0.526. The Morgan fingerprint density at radius 2 is 2.33 bits per heavy atom. The molecule has 2 saturated heterocycles. The number of hydrogen-bond donors (Lipinski definition) is 2. The molecule has 1 aromatic rings. The third kappa shape index (κ3) is 2.08. The van der Waals surface area contributed by atoms with Crippen LogP contribution in [0.25, 0.3) is 0 Å². The predicted octanol–water partition coefficient (Wildman–Crippen LogP) is 0.771. The molecule has 0 amide bonds. The van der Waals surface area contributed by atoms with Crippen LogP contribution in [0, 0.1) is 11.7 Å². The molecular weight excluding hydrogens is 233 g/mol. The van der Waals surface area contributed by atoms with Gasteiger partial charge in [-0.05, 0) is 31.5 Å². The highest BCUT2D eigenvalue weighted by atomic mass is 19.1. The lowest BCUT2D eigenvalue weighted by Gasteiger charge is -2.47. The van der Waals surface area contributed by atoms with E-state index in [0.717, 1.165) is 44.8 Å². The monoisotopic (exact) mass is 251 g/mol. The number of piperidine rings is 2. The predicted molar refractivity (Wildman–Crippen MR) is 67.0 cm³/mol. The van der Waals surface area contributed by atoms with Crippen LogP contribution >= 0.6 is 0 Å². The Morgan fingerprint density at radius 3 is 3.11 bits per heavy atom. The minimum Gasteiger partial charge on any atom is -0.389 e. The van der Waals surface area contributed by atoms with Crippen LogP contribution in [-0.2, 0) is 0 Å². The Balaban J connectivity index is 1.75. The third-order valence-corrected chi connectivity index (χ3v) is 4.18. The highest BCUT2D eigenvalue weighted by Crippen LogP contribution is 2.34. The molecule has 2 fully saturated rings. The molecule has 2 atom stereocenters. The van der Waals surface area contributed by atoms with Gasteiger partial charge >= 0.3 is 0 Å². The van der Waals surface area contributed by atoms with Gasteiger partial charge in [0, 0.05) is 25.6 Å². The van der Waals surface area contributed by atoms with Crippen LogP contribution in [0.5, 0.6) is 0 Å². The number of fused-ring (bicyclic) bond motifs is 1. The fourth-order valence-corrected chi connectivity index (χ4v) is 2.99. The first kappa shape index (κ1) is 11.9. The summed E-state index contributed by atoms with van der Waals surface area (Å²) in [4.78, 5) is 6.24. The van der Waals surface area contributed by atoms with E-state index in [1.54, 1.807) is 6.07 Å². The lowest BCUT2D eigenvalue weighted by molar-refractivity contribution is -0.0539. The maximum absolute atomic E-state index is 12.9. The Hall–Kier alpha value is -1.20. The zero-order chi connectivity index (χ0) is 12.6. The molecule has 0 saturated carbocycles. The van der Waals surface area contributed by atoms with Crippen molar-refractivity contribution in [2.75, 3.05) is 31.1 Å². The number of nitrogens with zero attached hydrogens (tertiary/aromatic N) is 2. The number of anilines is 1. The van der Waals surface area contributed by atoms with Crippen LogP contribution in [-0.4, -0.2) is 41.9 Å². The van der Waals surface area contributed by atoms with Gasteiger partial charge in [-0.3, -0.25) is 0 Å². The largest absolute Gasteiger partial charge is 0.389 e. The summed E-state index contributed by atoms with van der Waals surface area (Å²) in [5, 5.41) is 13.9. The van der Waals surface area contributed by atoms with Crippen molar-refractivity contribution in [2.24, 2.45) is 5.92 Å². The summed E-state index contributed by atoms with van der Waals surface area (Å²) < 4.78 is 12.9. The molecule has 2 N–H and O–H groups in total. The van der Waals surface area contributed by atoms with Crippen molar-refractivity contribution in [3.63, 3.8) is 0 Å². The van der Waals surface area contributed by atoms with Gasteiger partial charge in [-0.1, -0.05) is 0 Å². The van der Waals surface area contributed by atoms with Crippen LogP contribution in [0.1, 0.15) is 12.8 Å². The number of aliphatic hydroxyl groups is 1. The van der Waals surface area contributed by atoms with E-state index in [1.165, 1.54) is 12.3 Å². The summed E-state index contributed by atoms with van der Waals surface area (Å²) in [5.74, 6) is 0.711. The third-order valence-electron chi connectivity index (χ3n) is 4.18. The molecule has 0 radical (unpaired) electrons. The second-order valence-corrected chi connectivity index (χ2v) is 5.29. The molecule has 1 aromatic heterocycles. The SMILES string of the molecule is O[C@@]12CCNC[C@@H]1CN(c1ccc(F)cn1)CC2. The molecule has 2 aliphatic rings. The van der Waals surface area contributed by atoms with Crippen molar-refractivity contribution in [1.82, 2.24) is 10.3 Å². The van der Waals surface area contributed by atoms with E-state index in [0.29, 0.717) is 0 Å². The lowest BCUT2D eigenvalue weighted by atomic mass is 9.76. The van der Waals surface area contributed by atoms with E-state index in [9.17, 15) is 9.50 Å². The minimum atomic E-state index is -0.526. The van der Waals surface area contributed by atoms with Crippen LogP contribution in [0.3, 0.4) is 0 Å². The van der Waals surface area contributed by atoms with Crippen molar-refractivity contribution in [2.45, 2.75) is 18.4 Å². The summed E-state index contributed by atoms with van der Waals surface area (Å²) in [7, 11) is 0. The molecular formula is C13H18FN3O. The standard InChI is InChI=1S/C13H18FN3O/c14-11-1-2-12(16-8-11)17-6-4-13(18)3-5-15-7-10(13)9-17/h1-2,8,10,15,18H,3-7,9H2/t10-,13-/m1/s1. The first-order valence-corrected chi connectivity index (χ1v) is 6.47. The van der Waals surface area contributed by atoms with Gasteiger partial charge in [-0.25, -0.2) is 9.37 Å². The summed E-state index contributed by atoms with van der Waals surface area (Å²) in [6, 6.07) is 3.14. The molecule has 0 aromatic carbocycles. The Kier molecular flexibility index (Phi) is 2.95. The molecule has 5 heteroatoms. The smallest absolute Gasteiger partial charge is 0.141 e. The Labute approximate surface area is 106 Å². The summed E-state index contributed by atoms with van der Waals surface area (Å²) in [6.45, 7) is 3.30. The van der Waals surface area contributed by atoms with Crippen LogP contribution in [0.15, 0.2) is 18.3 Å². The number of rotatable bonds is 1. The average Bonchev–Trinajstić information content (AvgIpc) is 2.39. The molecule has 18 heavy (non-hydrogen) atoms. The second kappa shape index (κ2) is 4.48. The number of nitrogens with one attached hydrogen (secondary N) is 1. The molecule has 0 unspecified atom stereocenters. The number of hydrogen-bond acceptors (Lipinski definition) is 4. The quantitative estimate of drug-likeness (QED) is 0.774. The first-order valence-electron chi connectivity index (χ1n) is 6.47. The molecule has 0 aliphatic carbocycles. The van der Waals surface area contributed by atoms with E-state index in [-0.39, 0.29) is 11.7 Å². The van der Waals surface area contributed by atoms with Crippen molar-refractivity contribution < 1.29 is 9.50 Å². The van der Waals surface area contributed by atoms with Gasteiger partial charge in [0.05, 0.1) is 11.8 Å². The van der Waals surface area contributed by atoms with Gasteiger partial charge < -0.3 is 15.3 Å². The highest BCUT2D eigenvalue weighted by molar-refractivity contribution is 5.39. The molecule has 0 bridgehead atoms. The summed E-state index contributed by atoms with van der Waals surface area (Å²) >= 11 is 0. The van der Waals surface area contributed by atoms with E-state index >= 15 is 0 Å². The van der Waals surface area contributed by atoms with Crippen molar-refractivity contribution in [1.29, 1.82) is 0 Å². The fraction of sp³-hybridized carbons (Fsp3) is 0.615. The fourth-order valence-electron chi connectivity index (χ4n) is 2.99. The average molecular weight is 251 g/mol. The maximum Gasteiger partial charge on any atom is 0.141 e. The zero-order valence-electron chi connectivity index (χ0n) is 10.3.